The first-order valence-corrected chi connectivity index (χ1v) is 11.7. The maximum atomic E-state index is 10.8. The van der Waals surface area contributed by atoms with Gasteiger partial charge in [0.05, 0.1) is 5.57 Å². The van der Waals surface area contributed by atoms with E-state index in [9.17, 15) is 5.11 Å². The summed E-state index contributed by atoms with van der Waals surface area (Å²) in [7, 11) is -1.54. The van der Waals surface area contributed by atoms with Crippen molar-refractivity contribution >= 4 is 8.07 Å². The van der Waals surface area contributed by atoms with Crippen LogP contribution in [0.25, 0.3) is 0 Å². The number of benzene rings is 2. The summed E-state index contributed by atoms with van der Waals surface area (Å²) in [5, 5.41) is 10.8. The zero-order chi connectivity index (χ0) is 18.3. The average Bonchev–Trinajstić information content (AvgIpc) is 2.60. The van der Waals surface area contributed by atoms with Gasteiger partial charge in [0.25, 0.3) is 0 Å². The lowest BCUT2D eigenvalue weighted by Crippen LogP contribution is -2.16. The van der Waals surface area contributed by atoms with E-state index < -0.39 is 14.2 Å². The van der Waals surface area contributed by atoms with Crippen molar-refractivity contribution in [1.82, 2.24) is 0 Å². The highest BCUT2D eigenvalue weighted by molar-refractivity contribution is 6.83. The molecule has 0 radical (unpaired) electrons. The molecule has 0 aliphatic heterocycles. The fourth-order valence-electron chi connectivity index (χ4n) is 2.13. The van der Waals surface area contributed by atoms with Gasteiger partial charge in [-0.3, -0.25) is 0 Å². The second kappa shape index (κ2) is 8.38. The fourth-order valence-corrected chi connectivity index (χ4v) is 2.64. The predicted octanol–water partition coefficient (Wildman–Crippen LogP) is 4.71. The van der Waals surface area contributed by atoms with Gasteiger partial charge < -0.3 is 5.11 Å². The lowest BCUT2D eigenvalue weighted by Gasteiger charge is -2.12. The number of aliphatic hydroxyl groups is 1. The molecular formula is C23H22OSi. The molecule has 1 nitrogen and oxygen atoms in total. The van der Waals surface area contributed by atoms with Crippen molar-refractivity contribution < 1.29 is 5.11 Å². The topological polar surface area (TPSA) is 20.2 Å². The Morgan fingerprint density at radius 1 is 0.960 bits per heavy atom. The van der Waals surface area contributed by atoms with E-state index >= 15 is 0 Å². The van der Waals surface area contributed by atoms with Crippen LogP contribution >= 0.6 is 0 Å². The van der Waals surface area contributed by atoms with Crippen LogP contribution in [0.3, 0.4) is 0 Å². The van der Waals surface area contributed by atoms with Crippen LogP contribution < -0.4 is 0 Å². The number of hydrogen-bond donors (Lipinski definition) is 1. The summed E-state index contributed by atoms with van der Waals surface area (Å²) in [6.07, 6.45) is -0.873. The Hall–Kier alpha value is -2.74. The standard InChI is InChI=1S/C23H22OSi/c1-5-20(17-18-25(2,3)4)23(24)22-14-10-9-13-21(22)16-15-19-11-7-6-8-12-19/h6-14,23-24H,1H2,2-4H3. The third kappa shape index (κ3) is 5.68. The van der Waals surface area contributed by atoms with Gasteiger partial charge in [-0.25, -0.2) is 0 Å². The third-order valence-corrected chi connectivity index (χ3v) is 4.28. The first-order chi connectivity index (χ1) is 11.9. The van der Waals surface area contributed by atoms with E-state index in [1.807, 2.05) is 54.6 Å². The van der Waals surface area contributed by atoms with Gasteiger partial charge >= 0.3 is 0 Å². The van der Waals surface area contributed by atoms with E-state index in [1.54, 1.807) is 0 Å². The zero-order valence-electron chi connectivity index (χ0n) is 14.9. The molecule has 0 aliphatic rings. The monoisotopic (exact) mass is 342 g/mol. The van der Waals surface area contributed by atoms with Crippen LogP contribution in [0.2, 0.25) is 19.6 Å². The molecule has 0 saturated carbocycles. The molecule has 0 fully saturated rings. The van der Waals surface area contributed by atoms with Crippen molar-refractivity contribution in [1.29, 1.82) is 0 Å². The molecule has 0 bridgehead atoms. The molecule has 1 N–H and O–H groups in total. The summed E-state index contributed by atoms with van der Waals surface area (Å²) in [5.41, 5.74) is 8.98. The van der Waals surface area contributed by atoms with Crippen LogP contribution in [0.1, 0.15) is 22.8 Å². The average molecular weight is 343 g/mol. The molecule has 2 rings (SSSR count). The van der Waals surface area contributed by atoms with E-state index in [0.29, 0.717) is 5.57 Å². The first kappa shape index (κ1) is 18.6. The van der Waals surface area contributed by atoms with Gasteiger partial charge in [-0.2, -0.15) is 0 Å². The van der Waals surface area contributed by atoms with Crippen LogP contribution in [0, 0.1) is 23.3 Å². The Kier molecular flexibility index (Phi) is 6.23. The van der Waals surface area contributed by atoms with Gasteiger partial charge in [-0.15, -0.1) is 11.3 Å². The van der Waals surface area contributed by atoms with Crippen LogP contribution in [0.4, 0.5) is 0 Å². The molecule has 2 heteroatoms. The summed E-state index contributed by atoms with van der Waals surface area (Å²) in [6, 6.07) is 17.4. The zero-order valence-corrected chi connectivity index (χ0v) is 15.9. The fraction of sp³-hybridized carbons (Fsp3) is 0.174. The number of hydrogen-bond acceptors (Lipinski definition) is 1. The Bertz CT molecular complexity index is 906. The van der Waals surface area contributed by atoms with Gasteiger partial charge in [0.15, 0.2) is 0 Å². The number of aliphatic hydroxyl groups excluding tert-OH is 1. The van der Waals surface area contributed by atoms with Gasteiger partial charge in [0, 0.05) is 16.7 Å². The van der Waals surface area contributed by atoms with E-state index in [0.717, 1.165) is 16.7 Å². The molecule has 0 aliphatic carbocycles. The van der Waals surface area contributed by atoms with Crippen LogP contribution in [-0.4, -0.2) is 13.2 Å². The first-order valence-electron chi connectivity index (χ1n) is 8.18. The molecule has 25 heavy (non-hydrogen) atoms. The minimum atomic E-state index is -1.54. The van der Waals surface area contributed by atoms with Crippen molar-refractivity contribution in [2.45, 2.75) is 25.7 Å². The van der Waals surface area contributed by atoms with Crippen molar-refractivity contribution in [3.05, 3.63) is 89.2 Å². The van der Waals surface area contributed by atoms with Gasteiger partial charge in [-0.1, -0.05) is 80.4 Å². The molecule has 2 aromatic carbocycles. The van der Waals surface area contributed by atoms with E-state index in [1.165, 1.54) is 0 Å². The molecule has 0 spiro atoms. The minimum absolute atomic E-state index is 0.497. The molecule has 1 unspecified atom stereocenters. The van der Waals surface area contributed by atoms with Crippen LogP contribution in [-0.2, 0) is 0 Å². The summed E-state index contributed by atoms with van der Waals surface area (Å²) >= 11 is 0. The highest BCUT2D eigenvalue weighted by Crippen LogP contribution is 2.23. The molecular weight excluding hydrogens is 320 g/mol. The summed E-state index contributed by atoms with van der Waals surface area (Å²) in [5.74, 6) is 9.35. The van der Waals surface area contributed by atoms with Gasteiger partial charge in [0.1, 0.15) is 14.2 Å². The largest absolute Gasteiger partial charge is 0.382 e. The molecule has 2 aromatic rings. The summed E-state index contributed by atoms with van der Waals surface area (Å²) < 4.78 is 0. The van der Waals surface area contributed by atoms with Crippen molar-refractivity contribution in [2.75, 3.05) is 0 Å². The highest BCUT2D eigenvalue weighted by atomic mass is 28.3. The maximum absolute atomic E-state index is 10.8. The van der Waals surface area contributed by atoms with Crippen LogP contribution in [0.5, 0.6) is 0 Å². The molecule has 0 saturated heterocycles. The van der Waals surface area contributed by atoms with E-state index in [4.69, 9.17) is 0 Å². The third-order valence-electron chi connectivity index (χ3n) is 3.41. The van der Waals surface area contributed by atoms with Crippen molar-refractivity contribution in [3.63, 3.8) is 0 Å². The SMILES string of the molecule is C=C=C(C#C[Si](C)(C)C)C(O)c1ccccc1C#Cc1ccccc1. The Balaban J connectivity index is 2.38. The van der Waals surface area contributed by atoms with Gasteiger partial charge in [-0.05, 0) is 18.2 Å². The quantitative estimate of drug-likeness (QED) is 0.476. The molecule has 0 heterocycles. The van der Waals surface area contributed by atoms with Gasteiger partial charge in [0.2, 0.25) is 0 Å². The van der Waals surface area contributed by atoms with E-state index in [-0.39, 0.29) is 0 Å². The van der Waals surface area contributed by atoms with Crippen molar-refractivity contribution in [2.24, 2.45) is 0 Å². The second-order valence-electron chi connectivity index (χ2n) is 6.70. The highest BCUT2D eigenvalue weighted by Gasteiger charge is 2.15. The molecule has 0 amide bonds. The summed E-state index contributed by atoms with van der Waals surface area (Å²) in [6.45, 7) is 10.2. The molecule has 1 atom stereocenters. The van der Waals surface area contributed by atoms with Crippen LogP contribution in [0.15, 0.2) is 72.5 Å². The summed E-state index contributed by atoms with van der Waals surface area (Å²) in [4.78, 5) is 0. The van der Waals surface area contributed by atoms with Crippen molar-refractivity contribution in [3.8, 4) is 23.3 Å². The number of rotatable bonds is 2. The molecule has 0 aromatic heterocycles. The minimum Gasteiger partial charge on any atom is -0.382 e. The Morgan fingerprint density at radius 2 is 1.60 bits per heavy atom. The molecule has 124 valence electrons. The smallest absolute Gasteiger partial charge is 0.129 e. The Labute approximate surface area is 151 Å². The Morgan fingerprint density at radius 3 is 2.24 bits per heavy atom. The normalized spacial score (nSPS) is 11.2. The predicted molar refractivity (Wildman–Crippen MR) is 108 cm³/mol. The lowest BCUT2D eigenvalue weighted by molar-refractivity contribution is 0.221. The maximum Gasteiger partial charge on any atom is 0.129 e. The van der Waals surface area contributed by atoms with E-state index in [2.05, 4.69) is 55.3 Å². The second-order valence-corrected chi connectivity index (χ2v) is 11.4. The lowest BCUT2D eigenvalue weighted by atomic mass is 9.97.